The highest BCUT2D eigenvalue weighted by Gasteiger charge is 2.62. The summed E-state index contributed by atoms with van der Waals surface area (Å²) in [5.41, 5.74) is 1.03. The number of methoxy groups -OCH3 is 1. The maximum absolute atomic E-state index is 13.0. The topological polar surface area (TPSA) is 112 Å². The zero-order valence-electron chi connectivity index (χ0n) is 18.8. The second kappa shape index (κ2) is 9.79. The number of β-lactam (4-membered cyclic amide) rings is 1. The van der Waals surface area contributed by atoms with Gasteiger partial charge in [-0.25, -0.2) is 9.59 Å². The van der Waals surface area contributed by atoms with Gasteiger partial charge in [-0.3, -0.25) is 4.79 Å². The lowest BCUT2D eigenvalue weighted by Gasteiger charge is -2.47. The van der Waals surface area contributed by atoms with Crippen molar-refractivity contribution < 1.29 is 38.4 Å². The van der Waals surface area contributed by atoms with Crippen LogP contribution in [0.25, 0.3) is 0 Å². The standard InChI is InChI=1S/C23H33NO8/c1-13(25)17-19-15-9-6-10-16(29-2)18(15)20(24(19)21(17)26)22(27)30-11-12-31-23(28)32-14-7-4-3-5-8-14/h13-17,19,25H,3-12H2,1-2H3. The number of carbonyl (C=O) groups excluding carboxylic acids is 3. The van der Waals surface area contributed by atoms with E-state index in [1.54, 1.807) is 14.0 Å². The fourth-order valence-corrected chi connectivity index (χ4v) is 5.75. The van der Waals surface area contributed by atoms with Crippen LogP contribution in [-0.4, -0.2) is 72.7 Å². The zero-order valence-corrected chi connectivity index (χ0v) is 18.8. The number of nitrogens with zero attached hydrogens (tertiary/aromatic N) is 1. The summed E-state index contributed by atoms with van der Waals surface area (Å²) >= 11 is 0. The van der Waals surface area contributed by atoms with E-state index in [1.807, 2.05) is 0 Å². The molecule has 0 aromatic carbocycles. The van der Waals surface area contributed by atoms with Crippen molar-refractivity contribution in [3.63, 3.8) is 0 Å². The van der Waals surface area contributed by atoms with Crippen molar-refractivity contribution in [3.05, 3.63) is 11.3 Å². The van der Waals surface area contributed by atoms with Crippen LogP contribution in [0.1, 0.15) is 58.3 Å². The molecule has 32 heavy (non-hydrogen) atoms. The van der Waals surface area contributed by atoms with Crippen LogP contribution < -0.4 is 0 Å². The molecular weight excluding hydrogens is 418 g/mol. The highest BCUT2D eigenvalue weighted by Crippen LogP contribution is 2.52. The fraction of sp³-hybridized carbons (Fsp3) is 0.783. The number of amides is 1. The summed E-state index contributed by atoms with van der Waals surface area (Å²) < 4.78 is 21.3. The minimum atomic E-state index is -0.785. The molecule has 0 spiro atoms. The monoisotopic (exact) mass is 451 g/mol. The maximum Gasteiger partial charge on any atom is 0.508 e. The van der Waals surface area contributed by atoms with Gasteiger partial charge in [-0.2, -0.15) is 0 Å². The van der Waals surface area contributed by atoms with E-state index in [-0.39, 0.29) is 49.0 Å². The number of carbonyl (C=O) groups is 3. The van der Waals surface area contributed by atoms with E-state index in [2.05, 4.69) is 0 Å². The lowest BCUT2D eigenvalue weighted by Crippen LogP contribution is -2.64. The van der Waals surface area contributed by atoms with Crippen molar-refractivity contribution in [3.8, 4) is 0 Å². The molecule has 0 aromatic rings. The van der Waals surface area contributed by atoms with Crippen LogP contribution in [0.2, 0.25) is 0 Å². The van der Waals surface area contributed by atoms with Crippen LogP contribution in [0.15, 0.2) is 11.3 Å². The molecule has 1 amide bonds. The Morgan fingerprint density at radius 3 is 2.47 bits per heavy atom. The van der Waals surface area contributed by atoms with E-state index in [9.17, 15) is 19.5 Å². The Hall–Kier alpha value is -2.13. The summed E-state index contributed by atoms with van der Waals surface area (Å²) in [6.07, 6.45) is 5.58. The van der Waals surface area contributed by atoms with Gasteiger partial charge in [0.2, 0.25) is 5.91 Å². The van der Waals surface area contributed by atoms with Crippen molar-refractivity contribution in [2.45, 2.75) is 82.6 Å². The summed E-state index contributed by atoms with van der Waals surface area (Å²) in [7, 11) is 1.60. The largest absolute Gasteiger partial charge is 0.508 e. The SMILES string of the molecule is COC1CCCC2C1=C(C(=O)OCCOC(=O)OC1CCCCC1)N1C(=O)C(C(C)O)C21. The number of esters is 1. The number of fused-ring (bicyclic) bond motifs is 3. The lowest BCUT2D eigenvalue weighted by atomic mass is 9.72. The number of aliphatic hydroxyl groups excluding tert-OH is 1. The van der Waals surface area contributed by atoms with Crippen LogP contribution in [0.4, 0.5) is 4.79 Å². The van der Waals surface area contributed by atoms with Gasteiger partial charge < -0.3 is 29.0 Å². The second-order valence-electron chi connectivity index (χ2n) is 9.14. The van der Waals surface area contributed by atoms with Crippen molar-refractivity contribution in [1.29, 1.82) is 0 Å². The van der Waals surface area contributed by atoms with Crippen molar-refractivity contribution in [2.24, 2.45) is 11.8 Å². The molecule has 178 valence electrons. The maximum atomic E-state index is 13.0. The first kappa shape index (κ1) is 23.0. The summed E-state index contributed by atoms with van der Waals surface area (Å²) in [5, 5.41) is 10.1. The van der Waals surface area contributed by atoms with E-state index < -0.39 is 24.1 Å². The average Bonchev–Trinajstić information content (AvgIpc) is 3.07. The van der Waals surface area contributed by atoms with Gasteiger partial charge in [0.15, 0.2) is 0 Å². The third kappa shape index (κ3) is 4.24. The molecular formula is C23H33NO8. The van der Waals surface area contributed by atoms with Gasteiger partial charge in [-0.05, 0) is 57.4 Å². The summed E-state index contributed by atoms with van der Waals surface area (Å²) in [6.45, 7) is 1.35. The predicted octanol–water partition coefficient (Wildman–Crippen LogP) is 2.31. The molecule has 2 heterocycles. The molecule has 3 fully saturated rings. The molecule has 2 aliphatic heterocycles. The fourth-order valence-electron chi connectivity index (χ4n) is 5.75. The number of aliphatic hydroxyl groups is 1. The van der Waals surface area contributed by atoms with Gasteiger partial charge in [0, 0.05) is 13.0 Å². The first-order chi connectivity index (χ1) is 15.4. The molecule has 4 rings (SSSR count). The minimum absolute atomic E-state index is 0.0183. The Bertz CT molecular complexity index is 772. The van der Waals surface area contributed by atoms with E-state index in [0.717, 1.165) is 56.9 Å². The number of ether oxygens (including phenoxy) is 4. The Balaban J connectivity index is 1.36. The summed E-state index contributed by atoms with van der Waals surface area (Å²) in [5.74, 6) is -1.43. The highest BCUT2D eigenvalue weighted by molar-refractivity contribution is 6.01. The predicted molar refractivity (Wildman–Crippen MR) is 111 cm³/mol. The molecule has 9 nitrogen and oxygen atoms in total. The van der Waals surface area contributed by atoms with Gasteiger partial charge in [0.05, 0.1) is 24.2 Å². The van der Waals surface area contributed by atoms with Gasteiger partial charge in [-0.15, -0.1) is 0 Å². The van der Waals surface area contributed by atoms with E-state index in [0.29, 0.717) is 0 Å². The molecule has 5 unspecified atom stereocenters. The smallest absolute Gasteiger partial charge is 0.457 e. The number of hydrogen-bond acceptors (Lipinski definition) is 8. The average molecular weight is 452 g/mol. The third-order valence-corrected chi connectivity index (χ3v) is 7.19. The van der Waals surface area contributed by atoms with Gasteiger partial charge in [-0.1, -0.05) is 6.42 Å². The van der Waals surface area contributed by atoms with Gasteiger partial charge in [0.25, 0.3) is 0 Å². The highest BCUT2D eigenvalue weighted by atomic mass is 16.7. The molecule has 0 radical (unpaired) electrons. The molecule has 1 saturated heterocycles. The Morgan fingerprint density at radius 2 is 1.78 bits per heavy atom. The summed E-state index contributed by atoms with van der Waals surface area (Å²) in [6, 6.07) is -0.236. The van der Waals surface area contributed by atoms with Crippen molar-refractivity contribution in [2.75, 3.05) is 20.3 Å². The Morgan fingerprint density at radius 1 is 1.06 bits per heavy atom. The molecule has 9 heteroatoms. The minimum Gasteiger partial charge on any atom is -0.457 e. The number of hydrogen-bond donors (Lipinski definition) is 1. The van der Waals surface area contributed by atoms with Crippen molar-refractivity contribution in [1.82, 2.24) is 4.90 Å². The van der Waals surface area contributed by atoms with E-state index in [4.69, 9.17) is 18.9 Å². The van der Waals surface area contributed by atoms with Crippen LogP contribution in [-0.2, 0) is 28.5 Å². The van der Waals surface area contributed by atoms with Crippen molar-refractivity contribution >= 4 is 18.0 Å². The second-order valence-corrected chi connectivity index (χ2v) is 9.14. The molecule has 0 aromatic heterocycles. The van der Waals surface area contributed by atoms with Gasteiger partial charge in [0.1, 0.15) is 25.0 Å². The Kier molecular flexibility index (Phi) is 7.05. The van der Waals surface area contributed by atoms with Crippen LogP contribution >= 0.6 is 0 Å². The quantitative estimate of drug-likeness (QED) is 0.357. The molecule has 4 aliphatic rings. The van der Waals surface area contributed by atoms with E-state index in [1.165, 1.54) is 4.90 Å². The first-order valence-corrected chi connectivity index (χ1v) is 11.7. The first-order valence-electron chi connectivity index (χ1n) is 11.7. The van der Waals surface area contributed by atoms with E-state index >= 15 is 0 Å². The lowest BCUT2D eigenvalue weighted by molar-refractivity contribution is -0.165. The molecule has 0 bridgehead atoms. The third-order valence-electron chi connectivity index (χ3n) is 7.19. The van der Waals surface area contributed by atoms with Gasteiger partial charge >= 0.3 is 12.1 Å². The molecule has 2 aliphatic carbocycles. The number of rotatable bonds is 7. The summed E-state index contributed by atoms with van der Waals surface area (Å²) in [4.78, 5) is 39.0. The van der Waals surface area contributed by atoms with Crippen LogP contribution in [0.3, 0.4) is 0 Å². The Labute approximate surface area is 188 Å². The molecule has 2 saturated carbocycles. The van der Waals surface area contributed by atoms with Crippen LogP contribution in [0.5, 0.6) is 0 Å². The zero-order chi connectivity index (χ0) is 22.8. The van der Waals surface area contributed by atoms with Crippen LogP contribution in [0, 0.1) is 11.8 Å². The normalized spacial score (nSPS) is 30.8. The molecule has 1 N–H and O–H groups in total. The molecule has 5 atom stereocenters.